The molecule has 0 aliphatic rings. The van der Waals surface area contributed by atoms with Crippen LogP contribution in [-0.4, -0.2) is 30.4 Å². The van der Waals surface area contributed by atoms with E-state index >= 15 is 0 Å². The van der Waals surface area contributed by atoms with Gasteiger partial charge in [0.1, 0.15) is 11.3 Å². The zero-order chi connectivity index (χ0) is 14.7. The van der Waals surface area contributed by atoms with Crippen LogP contribution < -0.4 is 0 Å². The number of imidazole rings is 1. The van der Waals surface area contributed by atoms with Crippen molar-refractivity contribution in [1.29, 1.82) is 0 Å². The SMILES string of the molecule is ClCCc1nc2c(Cl)cccc2n1CCCn1ccnn1. The summed E-state index contributed by atoms with van der Waals surface area (Å²) in [4.78, 5) is 4.63. The lowest BCUT2D eigenvalue weighted by Crippen LogP contribution is -2.08. The van der Waals surface area contributed by atoms with Crippen molar-refractivity contribution in [3.05, 3.63) is 41.4 Å². The number of nitrogens with zero attached hydrogens (tertiary/aromatic N) is 5. The molecule has 0 fully saturated rings. The molecule has 0 bridgehead atoms. The zero-order valence-electron chi connectivity index (χ0n) is 11.4. The number of rotatable bonds is 6. The first-order chi connectivity index (χ1) is 10.3. The van der Waals surface area contributed by atoms with Crippen molar-refractivity contribution in [2.75, 3.05) is 5.88 Å². The highest BCUT2D eigenvalue weighted by Gasteiger charge is 2.12. The average Bonchev–Trinajstić information content (AvgIpc) is 3.09. The Kier molecular flexibility index (Phi) is 4.41. The minimum atomic E-state index is 0.546. The Labute approximate surface area is 132 Å². The van der Waals surface area contributed by atoms with Gasteiger partial charge in [-0.15, -0.1) is 16.7 Å². The van der Waals surface area contributed by atoms with Crippen LogP contribution in [0.4, 0.5) is 0 Å². The van der Waals surface area contributed by atoms with Gasteiger partial charge in [-0.2, -0.15) is 0 Å². The van der Waals surface area contributed by atoms with Gasteiger partial charge in [0, 0.05) is 31.6 Å². The molecule has 21 heavy (non-hydrogen) atoms. The van der Waals surface area contributed by atoms with Crippen LogP contribution in [0.25, 0.3) is 11.0 Å². The summed E-state index contributed by atoms with van der Waals surface area (Å²) in [5, 5.41) is 8.45. The fourth-order valence-electron chi connectivity index (χ4n) is 2.43. The van der Waals surface area contributed by atoms with E-state index in [1.165, 1.54) is 0 Å². The Morgan fingerprint density at radius 1 is 1.19 bits per heavy atom. The molecule has 0 amide bonds. The van der Waals surface area contributed by atoms with Gasteiger partial charge in [0.05, 0.1) is 16.7 Å². The van der Waals surface area contributed by atoms with E-state index in [4.69, 9.17) is 23.2 Å². The van der Waals surface area contributed by atoms with Gasteiger partial charge in [-0.25, -0.2) is 4.98 Å². The minimum absolute atomic E-state index is 0.546. The smallest absolute Gasteiger partial charge is 0.111 e. The summed E-state index contributed by atoms with van der Waals surface area (Å²) in [7, 11) is 0. The molecule has 0 saturated carbocycles. The summed E-state index contributed by atoms with van der Waals surface area (Å²) in [5.41, 5.74) is 1.90. The number of fused-ring (bicyclic) bond motifs is 1. The Morgan fingerprint density at radius 3 is 2.86 bits per heavy atom. The number of halogens is 2. The lowest BCUT2D eigenvalue weighted by molar-refractivity contribution is 0.512. The molecule has 2 aromatic heterocycles. The Morgan fingerprint density at radius 2 is 2.10 bits per heavy atom. The van der Waals surface area contributed by atoms with Crippen LogP contribution in [0, 0.1) is 0 Å². The highest BCUT2D eigenvalue weighted by molar-refractivity contribution is 6.34. The second kappa shape index (κ2) is 6.45. The molecule has 0 spiro atoms. The highest BCUT2D eigenvalue weighted by Crippen LogP contribution is 2.24. The number of hydrogen-bond acceptors (Lipinski definition) is 3. The second-order valence-corrected chi connectivity index (χ2v) is 5.53. The molecule has 0 N–H and O–H groups in total. The lowest BCUT2D eigenvalue weighted by atomic mass is 10.3. The number of alkyl halides is 1. The third-order valence-corrected chi connectivity index (χ3v) is 3.86. The van der Waals surface area contributed by atoms with Crippen molar-refractivity contribution in [2.45, 2.75) is 25.9 Å². The molecular formula is C14H15Cl2N5. The van der Waals surface area contributed by atoms with Crippen LogP contribution >= 0.6 is 23.2 Å². The van der Waals surface area contributed by atoms with Gasteiger partial charge in [0.15, 0.2) is 0 Å². The average molecular weight is 324 g/mol. The van der Waals surface area contributed by atoms with Crippen LogP contribution in [-0.2, 0) is 19.5 Å². The Hall–Kier alpha value is -1.59. The molecule has 0 aliphatic heterocycles. The first kappa shape index (κ1) is 14.4. The van der Waals surface area contributed by atoms with Gasteiger partial charge < -0.3 is 4.57 Å². The predicted octanol–water partition coefficient (Wildman–Crippen LogP) is 3.15. The number of hydrogen-bond donors (Lipinski definition) is 0. The summed E-state index contributed by atoms with van der Waals surface area (Å²) < 4.78 is 4.02. The van der Waals surface area contributed by atoms with Gasteiger partial charge in [0.2, 0.25) is 0 Å². The predicted molar refractivity (Wildman–Crippen MR) is 83.8 cm³/mol. The summed E-state index contributed by atoms with van der Waals surface area (Å²) in [6.45, 7) is 1.67. The van der Waals surface area contributed by atoms with E-state index in [1.807, 2.05) is 29.1 Å². The third-order valence-electron chi connectivity index (χ3n) is 3.37. The summed E-state index contributed by atoms with van der Waals surface area (Å²) in [6.07, 6.45) is 5.22. The topological polar surface area (TPSA) is 48.5 Å². The molecule has 110 valence electrons. The van der Waals surface area contributed by atoms with Crippen molar-refractivity contribution < 1.29 is 0 Å². The summed E-state index contributed by atoms with van der Waals surface area (Å²) in [6, 6.07) is 5.85. The van der Waals surface area contributed by atoms with E-state index in [0.717, 1.165) is 42.8 Å². The summed E-state index contributed by atoms with van der Waals surface area (Å²) in [5.74, 6) is 1.52. The maximum atomic E-state index is 6.23. The molecule has 2 heterocycles. The second-order valence-electron chi connectivity index (χ2n) is 4.75. The zero-order valence-corrected chi connectivity index (χ0v) is 12.9. The van der Waals surface area contributed by atoms with E-state index in [0.29, 0.717) is 10.9 Å². The summed E-state index contributed by atoms with van der Waals surface area (Å²) >= 11 is 12.1. The first-order valence-corrected chi connectivity index (χ1v) is 7.74. The molecule has 0 radical (unpaired) electrons. The van der Waals surface area contributed by atoms with E-state index in [2.05, 4.69) is 19.9 Å². The van der Waals surface area contributed by atoms with Crippen LogP contribution in [0.1, 0.15) is 12.2 Å². The maximum absolute atomic E-state index is 6.23. The van der Waals surface area contributed by atoms with Crippen LogP contribution in [0.5, 0.6) is 0 Å². The standard InChI is InChI=1S/C14H15Cl2N5/c15-6-5-13-18-14-11(16)3-1-4-12(14)21(13)9-2-8-20-10-7-17-19-20/h1,3-4,7,10H,2,5-6,8-9H2. The molecule has 1 aromatic carbocycles. The number of benzene rings is 1. The van der Waals surface area contributed by atoms with Gasteiger partial charge in [-0.05, 0) is 18.6 Å². The molecular weight excluding hydrogens is 309 g/mol. The largest absolute Gasteiger partial charge is 0.328 e. The Balaban J connectivity index is 1.84. The molecule has 0 atom stereocenters. The van der Waals surface area contributed by atoms with Crippen molar-refractivity contribution >= 4 is 34.2 Å². The molecule has 3 rings (SSSR count). The van der Waals surface area contributed by atoms with Gasteiger partial charge in [-0.1, -0.05) is 22.9 Å². The van der Waals surface area contributed by atoms with Crippen LogP contribution in [0.2, 0.25) is 5.02 Å². The van der Waals surface area contributed by atoms with Gasteiger partial charge >= 0.3 is 0 Å². The van der Waals surface area contributed by atoms with Crippen molar-refractivity contribution in [3.8, 4) is 0 Å². The molecule has 0 aliphatic carbocycles. The quantitative estimate of drug-likeness (QED) is 0.655. The number of aromatic nitrogens is 5. The van der Waals surface area contributed by atoms with Crippen LogP contribution in [0.3, 0.4) is 0 Å². The lowest BCUT2D eigenvalue weighted by Gasteiger charge is -2.08. The molecule has 0 unspecified atom stereocenters. The van der Waals surface area contributed by atoms with E-state index in [9.17, 15) is 0 Å². The molecule has 7 heteroatoms. The fraction of sp³-hybridized carbons (Fsp3) is 0.357. The van der Waals surface area contributed by atoms with Crippen LogP contribution in [0.15, 0.2) is 30.6 Å². The van der Waals surface area contributed by atoms with Gasteiger partial charge in [-0.3, -0.25) is 4.68 Å². The first-order valence-electron chi connectivity index (χ1n) is 6.83. The maximum Gasteiger partial charge on any atom is 0.111 e. The normalized spacial score (nSPS) is 11.3. The van der Waals surface area contributed by atoms with Gasteiger partial charge in [0.25, 0.3) is 0 Å². The Bertz CT molecular complexity index is 720. The van der Waals surface area contributed by atoms with E-state index in [1.54, 1.807) is 6.20 Å². The van der Waals surface area contributed by atoms with Crippen molar-refractivity contribution in [2.24, 2.45) is 0 Å². The third kappa shape index (κ3) is 3.04. The highest BCUT2D eigenvalue weighted by atomic mass is 35.5. The molecule has 5 nitrogen and oxygen atoms in total. The van der Waals surface area contributed by atoms with E-state index < -0.39 is 0 Å². The molecule has 3 aromatic rings. The molecule has 0 saturated heterocycles. The van der Waals surface area contributed by atoms with Crippen molar-refractivity contribution in [3.63, 3.8) is 0 Å². The minimum Gasteiger partial charge on any atom is -0.328 e. The number of para-hydroxylation sites is 1. The van der Waals surface area contributed by atoms with Crippen molar-refractivity contribution in [1.82, 2.24) is 24.5 Å². The monoisotopic (exact) mass is 323 g/mol. The van der Waals surface area contributed by atoms with E-state index in [-0.39, 0.29) is 0 Å². The number of aryl methyl sites for hydroxylation is 3. The fourth-order valence-corrected chi connectivity index (χ4v) is 2.81.